The largest absolute Gasteiger partial charge is 0.493 e. The zero-order valence-electron chi connectivity index (χ0n) is 15.5. The van der Waals surface area contributed by atoms with Gasteiger partial charge in [0.2, 0.25) is 0 Å². The van der Waals surface area contributed by atoms with E-state index in [1.165, 1.54) is 5.56 Å². The SMILES string of the molecule is C/C=C/c1ccc(OCC(=O)Nc2c(C)cc(C)cc2C)c(OC)c1. The van der Waals surface area contributed by atoms with E-state index in [0.29, 0.717) is 11.5 Å². The molecule has 2 aromatic carbocycles. The van der Waals surface area contributed by atoms with Crippen molar-refractivity contribution in [2.75, 3.05) is 19.0 Å². The van der Waals surface area contributed by atoms with Gasteiger partial charge >= 0.3 is 0 Å². The Bertz CT molecular complexity index is 771. The van der Waals surface area contributed by atoms with Crippen LogP contribution in [0.1, 0.15) is 29.2 Å². The van der Waals surface area contributed by atoms with Gasteiger partial charge in [-0.1, -0.05) is 35.9 Å². The highest BCUT2D eigenvalue weighted by molar-refractivity contribution is 5.93. The van der Waals surface area contributed by atoms with Crippen molar-refractivity contribution in [2.45, 2.75) is 27.7 Å². The average Bonchev–Trinajstić information content (AvgIpc) is 2.57. The van der Waals surface area contributed by atoms with Gasteiger partial charge in [0.15, 0.2) is 18.1 Å². The molecule has 2 aromatic rings. The van der Waals surface area contributed by atoms with E-state index in [9.17, 15) is 4.79 Å². The van der Waals surface area contributed by atoms with Gasteiger partial charge in [-0.15, -0.1) is 0 Å². The molecule has 0 spiro atoms. The van der Waals surface area contributed by atoms with Gasteiger partial charge in [0.05, 0.1) is 7.11 Å². The number of benzene rings is 2. The summed E-state index contributed by atoms with van der Waals surface area (Å²) in [5.41, 5.74) is 5.12. The zero-order chi connectivity index (χ0) is 18.4. The minimum Gasteiger partial charge on any atom is -0.493 e. The highest BCUT2D eigenvalue weighted by Gasteiger charge is 2.11. The number of methoxy groups -OCH3 is 1. The van der Waals surface area contributed by atoms with Gasteiger partial charge < -0.3 is 14.8 Å². The normalized spacial score (nSPS) is 10.8. The molecule has 0 bridgehead atoms. The maximum absolute atomic E-state index is 12.3. The Morgan fingerprint density at radius 2 is 1.76 bits per heavy atom. The molecule has 0 atom stereocenters. The standard InChI is InChI=1S/C21H25NO3/c1-6-7-17-8-9-18(19(12-17)24-5)25-13-20(23)22-21-15(3)10-14(2)11-16(21)4/h6-12H,13H2,1-5H3,(H,22,23)/b7-6+. The second-order valence-corrected chi connectivity index (χ2v) is 6.02. The number of rotatable bonds is 6. The molecule has 0 radical (unpaired) electrons. The molecule has 0 aromatic heterocycles. The summed E-state index contributed by atoms with van der Waals surface area (Å²) in [6.45, 7) is 7.89. The van der Waals surface area contributed by atoms with Gasteiger partial charge in [-0.2, -0.15) is 0 Å². The molecule has 0 saturated heterocycles. The fourth-order valence-corrected chi connectivity index (χ4v) is 2.80. The average molecular weight is 339 g/mol. The van der Waals surface area contributed by atoms with Crippen LogP contribution in [0.4, 0.5) is 5.69 Å². The van der Waals surface area contributed by atoms with Crippen molar-refractivity contribution in [2.24, 2.45) is 0 Å². The van der Waals surface area contributed by atoms with Crippen LogP contribution in [0.5, 0.6) is 11.5 Å². The first kappa shape index (κ1) is 18.6. The molecular formula is C21H25NO3. The van der Waals surface area contributed by atoms with Crippen molar-refractivity contribution in [1.29, 1.82) is 0 Å². The van der Waals surface area contributed by atoms with Gasteiger partial charge in [-0.25, -0.2) is 0 Å². The van der Waals surface area contributed by atoms with Crippen molar-refractivity contribution in [1.82, 2.24) is 0 Å². The van der Waals surface area contributed by atoms with Gasteiger partial charge in [-0.3, -0.25) is 4.79 Å². The van der Waals surface area contributed by atoms with Crippen LogP contribution in [0.2, 0.25) is 0 Å². The number of amides is 1. The molecule has 0 heterocycles. The van der Waals surface area contributed by atoms with E-state index in [-0.39, 0.29) is 12.5 Å². The number of anilines is 1. The topological polar surface area (TPSA) is 47.6 Å². The smallest absolute Gasteiger partial charge is 0.262 e. The monoisotopic (exact) mass is 339 g/mol. The molecule has 0 aliphatic rings. The van der Waals surface area contributed by atoms with Crippen molar-refractivity contribution >= 4 is 17.7 Å². The second-order valence-electron chi connectivity index (χ2n) is 6.02. The van der Waals surface area contributed by atoms with Crippen molar-refractivity contribution < 1.29 is 14.3 Å². The fourth-order valence-electron chi connectivity index (χ4n) is 2.80. The Kier molecular flexibility index (Phi) is 6.23. The Labute approximate surface area is 149 Å². The first-order chi connectivity index (χ1) is 11.9. The Morgan fingerprint density at radius 3 is 2.36 bits per heavy atom. The summed E-state index contributed by atoms with van der Waals surface area (Å²) in [6.07, 6.45) is 3.93. The first-order valence-electron chi connectivity index (χ1n) is 8.25. The molecule has 0 aliphatic heterocycles. The molecule has 0 unspecified atom stereocenters. The lowest BCUT2D eigenvalue weighted by atomic mass is 10.1. The highest BCUT2D eigenvalue weighted by atomic mass is 16.5. The quantitative estimate of drug-likeness (QED) is 0.832. The van der Waals surface area contributed by atoms with Crippen molar-refractivity contribution in [3.8, 4) is 11.5 Å². The molecule has 2 rings (SSSR count). The maximum Gasteiger partial charge on any atom is 0.262 e. The van der Waals surface area contributed by atoms with E-state index in [0.717, 1.165) is 22.4 Å². The van der Waals surface area contributed by atoms with Crippen molar-refractivity contribution in [3.63, 3.8) is 0 Å². The molecule has 25 heavy (non-hydrogen) atoms. The van der Waals surface area contributed by atoms with Crippen LogP contribution in [0, 0.1) is 20.8 Å². The van der Waals surface area contributed by atoms with E-state index >= 15 is 0 Å². The second kappa shape index (κ2) is 8.38. The molecule has 0 fully saturated rings. The first-order valence-corrected chi connectivity index (χ1v) is 8.25. The number of nitrogens with one attached hydrogen (secondary N) is 1. The molecule has 1 amide bonds. The summed E-state index contributed by atoms with van der Waals surface area (Å²) in [4.78, 5) is 12.3. The lowest BCUT2D eigenvalue weighted by Gasteiger charge is -2.14. The van der Waals surface area contributed by atoms with Gasteiger partial charge in [0.25, 0.3) is 5.91 Å². The molecule has 0 saturated carbocycles. The minimum absolute atomic E-state index is 0.0773. The molecule has 132 valence electrons. The summed E-state index contributed by atoms with van der Waals surface area (Å²) >= 11 is 0. The Morgan fingerprint density at radius 1 is 1.08 bits per heavy atom. The number of hydrogen-bond acceptors (Lipinski definition) is 3. The summed E-state index contributed by atoms with van der Waals surface area (Å²) in [5.74, 6) is 0.948. The van der Waals surface area contributed by atoms with Crippen LogP contribution in [-0.2, 0) is 4.79 Å². The third kappa shape index (κ3) is 4.86. The predicted molar refractivity (Wildman–Crippen MR) is 102 cm³/mol. The van der Waals surface area contributed by atoms with Crippen LogP contribution in [0.25, 0.3) is 6.08 Å². The molecule has 0 aliphatic carbocycles. The number of ether oxygens (including phenoxy) is 2. The van der Waals surface area contributed by atoms with E-state index < -0.39 is 0 Å². The number of carbonyl (C=O) groups is 1. The molecule has 1 N–H and O–H groups in total. The van der Waals surface area contributed by atoms with Gasteiger partial charge in [0, 0.05) is 5.69 Å². The number of hydrogen-bond donors (Lipinski definition) is 1. The minimum atomic E-state index is -0.199. The van der Waals surface area contributed by atoms with Gasteiger partial charge in [-0.05, 0) is 56.5 Å². The van der Waals surface area contributed by atoms with Crippen molar-refractivity contribution in [3.05, 3.63) is 58.7 Å². The van der Waals surface area contributed by atoms with Crippen LogP contribution >= 0.6 is 0 Å². The van der Waals surface area contributed by atoms with Crippen LogP contribution in [0.3, 0.4) is 0 Å². The van der Waals surface area contributed by atoms with E-state index in [1.807, 2.05) is 70.2 Å². The highest BCUT2D eigenvalue weighted by Crippen LogP contribution is 2.28. The molecule has 4 heteroatoms. The van der Waals surface area contributed by atoms with E-state index in [2.05, 4.69) is 5.32 Å². The maximum atomic E-state index is 12.3. The van der Waals surface area contributed by atoms with E-state index in [1.54, 1.807) is 7.11 Å². The van der Waals surface area contributed by atoms with Crippen LogP contribution < -0.4 is 14.8 Å². The number of allylic oxidation sites excluding steroid dienone is 1. The zero-order valence-corrected chi connectivity index (χ0v) is 15.5. The third-order valence-electron chi connectivity index (χ3n) is 3.85. The van der Waals surface area contributed by atoms with E-state index in [4.69, 9.17) is 9.47 Å². The predicted octanol–water partition coefficient (Wildman–Crippen LogP) is 4.67. The number of aryl methyl sites for hydroxylation is 3. The summed E-state index contributed by atoms with van der Waals surface area (Å²) in [7, 11) is 1.58. The Balaban J connectivity index is 2.05. The fraction of sp³-hybridized carbons (Fsp3) is 0.286. The summed E-state index contributed by atoms with van der Waals surface area (Å²) < 4.78 is 11.0. The summed E-state index contributed by atoms with van der Waals surface area (Å²) in [5, 5.41) is 2.93. The molecular weight excluding hydrogens is 314 g/mol. The third-order valence-corrected chi connectivity index (χ3v) is 3.85. The lowest BCUT2D eigenvalue weighted by molar-refractivity contribution is -0.118. The van der Waals surface area contributed by atoms with Crippen LogP contribution in [0.15, 0.2) is 36.4 Å². The molecule has 4 nitrogen and oxygen atoms in total. The number of carbonyl (C=O) groups excluding carboxylic acids is 1. The Hall–Kier alpha value is -2.75. The lowest BCUT2D eigenvalue weighted by Crippen LogP contribution is -2.21. The van der Waals surface area contributed by atoms with Gasteiger partial charge in [0.1, 0.15) is 0 Å². The van der Waals surface area contributed by atoms with Crippen LogP contribution in [-0.4, -0.2) is 19.6 Å². The summed E-state index contributed by atoms with van der Waals surface area (Å²) in [6, 6.07) is 9.70.